The highest BCUT2D eigenvalue weighted by Crippen LogP contribution is 2.41. The first-order chi connectivity index (χ1) is 25.4. The Morgan fingerprint density at radius 1 is 0.404 bits per heavy atom. The van der Waals surface area contributed by atoms with Gasteiger partial charge in [-0.05, 0) is 83.9 Å². The zero-order valence-electron chi connectivity index (χ0n) is 30.4. The van der Waals surface area contributed by atoms with Crippen molar-refractivity contribution in [3.63, 3.8) is 0 Å². The fourth-order valence-electron chi connectivity index (χ4n) is 6.74. The second kappa shape index (κ2) is 11.2. The Morgan fingerprint density at radius 3 is 1.47 bits per heavy atom. The third-order valence-electron chi connectivity index (χ3n) is 8.80. The van der Waals surface area contributed by atoms with Crippen LogP contribution in [0.3, 0.4) is 0 Å². The molecule has 0 spiro atoms. The minimum Gasteiger partial charge on any atom is -0.311 e. The molecule has 0 atom stereocenters. The number of anilines is 3. The van der Waals surface area contributed by atoms with Crippen molar-refractivity contribution < 1.29 is 6.85 Å². The lowest BCUT2D eigenvalue weighted by Gasteiger charge is -2.26. The Bertz CT molecular complexity index is 2740. The van der Waals surface area contributed by atoms with Crippen molar-refractivity contribution in [1.82, 2.24) is 9.13 Å². The van der Waals surface area contributed by atoms with Crippen LogP contribution in [0.4, 0.5) is 17.1 Å². The average Bonchev–Trinajstić information content (AvgIpc) is 3.71. The largest absolute Gasteiger partial charge is 0.311 e. The van der Waals surface area contributed by atoms with Gasteiger partial charge in [0, 0.05) is 44.6 Å². The molecule has 0 aliphatic heterocycles. The standard InChI is InChI=1S/C44H31N3/c1-4-14-32(15-5-1)33-24-26-36(27-25-33)45(34-16-6-2-7-17-34)37-28-30-38(31-29-37)47-42-23-13-11-21-40(42)43-39-20-10-12-22-41(39)46(44(43)47)35-18-8-3-9-19-35/h1-31H/i2D,6D,7D,16D,17D. The molecule has 0 aliphatic rings. The van der Waals surface area contributed by atoms with Gasteiger partial charge < -0.3 is 4.90 Å². The minimum atomic E-state index is -0.425. The summed E-state index contributed by atoms with van der Waals surface area (Å²) in [4.78, 5) is 1.75. The van der Waals surface area contributed by atoms with Crippen molar-refractivity contribution in [2.45, 2.75) is 0 Å². The number of benzene rings is 7. The number of hydrogen-bond acceptors (Lipinski definition) is 1. The van der Waals surface area contributed by atoms with E-state index in [-0.39, 0.29) is 29.9 Å². The highest BCUT2D eigenvalue weighted by atomic mass is 15.2. The number of aromatic nitrogens is 2. The van der Waals surface area contributed by atoms with Gasteiger partial charge in [-0.2, -0.15) is 0 Å². The van der Waals surface area contributed by atoms with Crippen molar-refractivity contribution in [1.29, 1.82) is 0 Å². The van der Waals surface area contributed by atoms with Crippen LogP contribution < -0.4 is 4.90 Å². The molecule has 3 heteroatoms. The summed E-state index contributed by atoms with van der Waals surface area (Å²) in [5.74, 6) is 0. The Hall–Kier alpha value is -6.32. The number of rotatable bonds is 6. The van der Waals surface area contributed by atoms with Gasteiger partial charge >= 0.3 is 0 Å². The van der Waals surface area contributed by atoms with Gasteiger partial charge in [-0.3, -0.25) is 9.13 Å². The molecule has 0 bridgehead atoms. The van der Waals surface area contributed by atoms with Gasteiger partial charge in [-0.25, -0.2) is 0 Å². The highest BCUT2D eigenvalue weighted by Gasteiger charge is 2.22. The summed E-state index contributed by atoms with van der Waals surface area (Å²) in [6, 6.07) is 51.4. The lowest BCUT2D eigenvalue weighted by atomic mass is 10.0. The first-order valence-corrected chi connectivity index (χ1v) is 15.6. The molecule has 0 N–H and O–H groups in total. The SMILES string of the molecule is [2H]c1c([2H])c([2H])c(N(c2ccc(-c3ccccc3)cc2)c2ccc(-n3c4ccccc4c4c5ccccc5n(-c5ccccc5)c43)cc2)c([2H])c1[2H]. The molecule has 0 fully saturated rings. The molecule has 0 saturated heterocycles. The van der Waals surface area contributed by atoms with Crippen LogP contribution in [0.25, 0.3) is 55.3 Å². The Labute approximate surface area is 280 Å². The molecule has 0 unspecified atom stereocenters. The van der Waals surface area contributed by atoms with Gasteiger partial charge in [0.1, 0.15) is 5.65 Å². The quantitative estimate of drug-likeness (QED) is 0.183. The fraction of sp³-hybridized carbons (Fsp3) is 0. The summed E-state index contributed by atoms with van der Waals surface area (Å²) in [6.07, 6.45) is 0. The zero-order valence-corrected chi connectivity index (χ0v) is 25.4. The van der Waals surface area contributed by atoms with E-state index in [1.165, 1.54) is 10.8 Å². The summed E-state index contributed by atoms with van der Waals surface area (Å²) >= 11 is 0. The first kappa shape index (κ1) is 22.2. The molecule has 0 aliphatic carbocycles. The van der Waals surface area contributed by atoms with Crippen LogP contribution in [0.15, 0.2) is 188 Å². The summed E-state index contributed by atoms with van der Waals surface area (Å²) in [5, 5.41) is 3.48. The van der Waals surface area contributed by atoms with Crippen molar-refractivity contribution >= 4 is 49.9 Å². The van der Waals surface area contributed by atoms with Crippen LogP contribution in [0.5, 0.6) is 0 Å². The Morgan fingerprint density at radius 2 is 0.872 bits per heavy atom. The third kappa shape index (κ3) is 4.52. The number of para-hydroxylation sites is 4. The van der Waals surface area contributed by atoms with E-state index in [1.807, 2.05) is 84.9 Å². The van der Waals surface area contributed by atoms with Crippen molar-refractivity contribution in [3.05, 3.63) is 188 Å². The van der Waals surface area contributed by atoms with E-state index >= 15 is 0 Å². The summed E-state index contributed by atoms with van der Waals surface area (Å²) in [7, 11) is 0. The van der Waals surface area contributed by atoms with Crippen LogP contribution in [0.2, 0.25) is 0 Å². The van der Waals surface area contributed by atoms with Gasteiger partial charge in [0.2, 0.25) is 0 Å². The predicted octanol–water partition coefficient (Wildman–Crippen LogP) is 11.9. The maximum absolute atomic E-state index is 8.92. The van der Waals surface area contributed by atoms with E-state index in [4.69, 9.17) is 6.85 Å². The predicted molar refractivity (Wildman–Crippen MR) is 198 cm³/mol. The van der Waals surface area contributed by atoms with E-state index in [0.717, 1.165) is 44.6 Å². The number of hydrogen-bond donors (Lipinski definition) is 0. The van der Waals surface area contributed by atoms with Crippen molar-refractivity contribution in [3.8, 4) is 22.5 Å². The van der Waals surface area contributed by atoms with Gasteiger partial charge in [0.25, 0.3) is 0 Å². The maximum Gasteiger partial charge on any atom is 0.131 e. The summed E-state index contributed by atoms with van der Waals surface area (Å²) in [6.45, 7) is 0. The van der Waals surface area contributed by atoms with Gasteiger partial charge in [0.05, 0.1) is 17.9 Å². The topological polar surface area (TPSA) is 13.1 Å². The lowest BCUT2D eigenvalue weighted by Crippen LogP contribution is -2.10. The maximum atomic E-state index is 8.92. The molecule has 7 aromatic carbocycles. The highest BCUT2D eigenvalue weighted by molar-refractivity contribution is 6.22. The van der Waals surface area contributed by atoms with Gasteiger partial charge in [0.15, 0.2) is 0 Å². The fourth-order valence-corrected chi connectivity index (χ4v) is 6.74. The minimum absolute atomic E-state index is 0.0872. The van der Waals surface area contributed by atoms with Crippen molar-refractivity contribution in [2.75, 3.05) is 4.90 Å². The van der Waals surface area contributed by atoms with E-state index in [0.29, 0.717) is 11.4 Å². The molecule has 3 nitrogen and oxygen atoms in total. The molecule has 0 saturated carbocycles. The molecule has 9 rings (SSSR count). The van der Waals surface area contributed by atoms with E-state index < -0.39 is 6.04 Å². The molecule has 9 aromatic rings. The summed E-state index contributed by atoms with van der Waals surface area (Å²) in [5.41, 5.74) is 8.69. The number of fused-ring (bicyclic) bond motifs is 5. The smallest absolute Gasteiger partial charge is 0.131 e. The molecule has 222 valence electrons. The van der Waals surface area contributed by atoms with Crippen LogP contribution >= 0.6 is 0 Å². The van der Waals surface area contributed by atoms with Crippen LogP contribution in [0.1, 0.15) is 6.85 Å². The third-order valence-corrected chi connectivity index (χ3v) is 8.80. The Balaban J connectivity index is 1.26. The second-order valence-corrected chi connectivity index (χ2v) is 11.5. The van der Waals surface area contributed by atoms with Crippen LogP contribution in [0, 0.1) is 0 Å². The van der Waals surface area contributed by atoms with E-state index in [1.54, 1.807) is 4.90 Å². The van der Waals surface area contributed by atoms with Crippen molar-refractivity contribution in [2.24, 2.45) is 0 Å². The Kier molecular flexibility index (Phi) is 5.32. The van der Waals surface area contributed by atoms with Crippen LogP contribution in [-0.4, -0.2) is 9.13 Å². The molecule has 47 heavy (non-hydrogen) atoms. The van der Waals surface area contributed by atoms with E-state index in [2.05, 4.69) is 81.9 Å². The zero-order chi connectivity index (χ0) is 35.5. The van der Waals surface area contributed by atoms with Crippen LogP contribution in [-0.2, 0) is 0 Å². The summed E-state index contributed by atoms with van der Waals surface area (Å²) < 4.78 is 47.6. The number of nitrogens with zero attached hydrogens (tertiary/aromatic N) is 3. The molecule has 0 amide bonds. The van der Waals surface area contributed by atoms with E-state index in [9.17, 15) is 0 Å². The van der Waals surface area contributed by atoms with Gasteiger partial charge in [-0.15, -0.1) is 0 Å². The average molecular weight is 607 g/mol. The second-order valence-electron chi connectivity index (χ2n) is 11.5. The molecule has 2 heterocycles. The first-order valence-electron chi connectivity index (χ1n) is 18.1. The lowest BCUT2D eigenvalue weighted by molar-refractivity contribution is 1.07. The molecule has 2 aromatic heterocycles. The normalized spacial score (nSPS) is 12.9. The molecule has 0 radical (unpaired) electrons. The monoisotopic (exact) mass is 606 g/mol. The molecular weight excluding hydrogens is 571 g/mol. The molecular formula is C44H31N3. The van der Waals surface area contributed by atoms with Gasteiger partial charge in [-0.1, -0.05) is 115 Å².